The lowest BCUT2D eigenvalue weighted by molar-refractivity contribution is -0.123. The first kappa shape index (κ1) is 19.2. The summed E-state index contributed by atoms with van der Waals surface area (Å²) < 4.78 is 10.5. The molecule has 0 aliphatic heterocycles. The van der Waals surface area contributed by atoms with E-state index in [1.54, 1.807) is 31.2 Å². The van der Waals surface area contributed by atoms with E-state index in [1.807, 2.05) is 31.1 Å². The fraction of sp³-hybridized carbons (Fsp3) is 0.316. The average molecular weight is 357 g/mol. The molecule has 26 heavy (non-hydrogen) atoms. The van der Waals surface area contributed by atoms with Crippen molar-refractivity contribution in [2.45, 2.75) is 20.0 Å². The first-order valence-corrected chi connectivity index (χ1v) is 8.29. The summed E-state index contributed by atoms with van der Waals surface area (Å²) in [6, 6.07) is 10.5. The summed E-state index contributed by atoms with van der Waals surface area (Å²) in [6.45, 7) is 3.68. The Labute approximate surface area is 152 Å². The maximum atomic E-state index is 12.3. The van der Waals surface area contributed by atoms with Crippen molar-refractivity contribution < 1.29 is 19.1 Å². The third kappa shape index (κ3) is 4.95. The molecule has 0 aliphatic rings. The van der Waals surface area contributed by atoms with Gasteiger partial charge in [-0.15, -0.1) is 0 Å². The summed E-state index contributed by atoms with van der Waals surface area (Å²) in [5.41, 5.74) is 1.83. The molecule has 0 radical (unpaired) electrons. The second-order valence-corrected chi connectivity index (χ2v) is 5.77. The van der Waals surface area contributed by atoms with E-state index in [2.05, 4.69) is 10.3 Å². The van der Waals surface area contributed by atoms with E-state index in [4.69, 9.17) is 9.47 Å². The number of nitrogens with zero attached hydrogens (tertiary/aromatic N) is 2. The molecule has 1 aromatic heterocycles. The van der Waals surface area contributed by atoms with Crippen LogP contribution in [-0.2, 0) is 9.53 Å². The minimum atomic E-state index is -0.967. The molecule has 7 heteroatoms. The van der Waals surface area contributed by atoms with Gasteiger partial charge < -0.3 is 19.7 Å². The fourth-order valence-electron chi connectivity index (χ4n) is 2.16. The lowest BCUT2D eigenvalue weighted by atomic mass is 10.2. The zero-order valence-electron chi connectivity index (χ0n) is 15.4. The number of hydrogen-bond acceptors (Lipinski definition) is 6. The van der Waals surface area contributed by atoms with Gasteiger partial charge in [0.25, 0.3) is 5.91 Å². The summed E-state index contributed by atoms with van der Waals surface area (Å²) in [5.74, 6) is -0.892. The van der Waals surface area contributed by atoms with Crippen LogP contribution in [0.5, 0.6) is 5.88 Å². The number of aromatic nitrogens is 1. The first-order chi connectivity index (χ1) is 12.4. The number of rotatable bonds is 7. The lowest BCUT2D eigenvalue weighted by Gasteiger charge is -2.16. The molecule has 0 saturated carbocycles. The number of benzene rings is 1. The van der Waals surface area contributed by atoms with Gasteiger partial charge in [0.1, 0.15) is 5.56 Å². The smallest absolute Gasteiger partial charge is 0.344 e. The molecule has 7 nitrogen and oxygen atoms in total. The monoisotopic (exact) mass is 357 g/mol. The second kappa shape index (κ2) is 8.84. The Morgan fingerprint density at radius 2 is 1.88 bits per heavy atom. The number of hydrogen-bond donors (Lipinski definition) is 1. The summed E-state index contributed by atoms with van der Waals surface area (Å²) in [5, 5.41) is 2.72. The summed E-state index contributed by atoms with van der Waals surface area (Å²) in [4.78, 5) is 30.5. The predicted octanol–water partition coefficient (Wildman–Crippen LogP) is 2.73. The number of pyridine rings is 1. The van der Waals surface area contributed by atoms with Crippen LogP contribution < -0.4 is 15.0 Å². The molecule has 1 heterocycles. The van der Waals surface area contributed by atoms with Crippen molar-refractivity contribution in [1.29, 1.82) is 0 Å². The highest BCUT2D eigenvalue weighted by Gasteiger charge is 2.22. The van der Waals surface area contributed by atoms with Crippen molar-refractivity contribution in [1.82, 2.24) is 4.98 Å². The molecular weight excluding hydrogens is 334 g/mol. The highest BCUT2D eigenvalue weighted by molar-refractivity contribution is 5.98. The Kier molecular flexibility index (Phi) is 6.54. The van der Waals surface area contributed by atoms with Gasteiger partial charge in [0.2, 0.25) is 5.88 Å². The first-order valence-electron chi connectivity index (χ1n) is 8.29. The van der Waals surface area contributed by atoms with Crippen LogP contribution in [0.4, 0.5) is 11.4 Å². The zero-order chi connectivity index (χ0) is 19.1. The van der Waals surface area contributed by atoms with E-state index in [1.165, 1.54) is 13.1 Å². The van der Waals surface area contributed by atoms with Gasteiger partial charge in [0, 0.05) is 31.7 Å². The van der Waals surface area contributed by atoms with Gasteiger partial charge in [0.15, 0.2) is 6.10 Å². The van der Waals surface area contributed by atoms with E-state index in [0.29, 0.717) is 12.3 Å². The Morgan fingerprint density at radius 1 is 1.19 bits per heavy atom. The lowest BCUT2D eigenvalue weighted by Crippen LogP contribution is -2.30. The van der Waals surface area contributed by atoms with E-state index in [9.17, 15) is 9.59 Å². The van der Waals surface area contributed by atoms with Crippen LogP contribution in [0.25, 0.3) is 0 Å². The van der Waals surface area contributed by atoms with E-state index in [0.717, 1.165) is 5.69 Å². The van der Waals surface area contributed by atoms with Gasteiger partial charge in [-0.25, -0.2) is 9.78 Å². The van der Waals surface area contributed by atoms with Crippen molar-refractivity contribution in [3.8, 4) is 5.88 Å². The highest BCUT2D eigenvalue weighted by atomic mass is 16.5. The van der Waals surface area contributed by atoms with Crippen molar-refractivity contribution in [2.75, 3.05) is 30.9 Å². The SMILES string of the molecule is CCOc1ncccc1C(=O)O[C@H](C)C(=O)Nc1ccc(N(C)C)cc1. The van der Waals surface area contributed by atoms with Crippen LogP contribution >= 0.6 is 0 Å². The zero-order valence-corrected chi connectivity index (χ0v) is 15.4. The molecule has 1 aromatic carbocycles. The van der Waals surface area contributed by atoms with Crippen molar-refractivity contribution >= 4 is 23.3 Å². The van der Waals surface area contributed by atoms with E-state index >= 15 is 0 Å². The number of carbonyl (C=O) groups is 2. The minimum Gasteiger partial charge on any atom is -0.477 e. The van der Waals surface area contributed by atoms with Crippen LogP contribution in [0.1, 0.15) is 24.2 Å². The molecule has 1 amide bonds. The highest BCUT2D eigenvalue weighted by Crippen LogP contribution is 2.18. The number of ether oxygens (including phenoxy) is 2. The van der Waals surface area contributed by atoms with Crippen LogP contribution in [-0.4, -0.2) is 43.7 Å². The van der Waals surface area contributed by atoms with Crippen LogP contribution in [0, 0.1) is 0 Å². The predicted molar refractivity (Wildman–Crippen MR) is 99.7 cm³/mol. The number of amides is 1. The van der Waals surface area contributed by atoms with Gasteiger partial charge in [-0.2, -0.15) is 0 Å². The van der Waals surface area contributed by atoms with Crippen LogP contribution in [0.15, 0.2) is 42.6 Å². The van der Waals surface area contributed by atoms with Gasteiger partial charge in [0.05, 0.1) is 6.61 Å². The molecule has 0 aliphatic carbocycles. The molecule has 0 unspecified atom stereocenters. The van der Waals surface area contributed by atoms with Crippen molar-refractivity contribution in [3.63, 3.8) is 0 Å². The van der Waals surface area contributed by atoms with Crippen molar-refractivity contribution in [3.05, 3.63) is 48.2 Å². The third-order valence-corrected chi connectivity index (χ3v) is 3.58. The topological polar surface area (TPSA) is 80.8 Å². The Morgan fingerprint density at radius 3 is 2.50 bits per heavy atom. The standard InChI is InChI=1S/C19H23N3O4/c1-5-25-18-16(7-6-12-20-18)19(24)26-13(2)17(23)21-14-8-10-15(11-9-14)22(3)4/h6-13H,5H2,1-4H3,(H,21,23)/t13-/m1/s1. The fourth-order valence-corrected chi connectivity index (χ4v) is 2.16. The van der Waals surface area contributed by atoms with Gasteiger partial charge in [-0.05, 0) is 50.2 Å². The largest absolute Gasteiger partial charge is 0.477 e. The summed E-state index contributed by atoms with van der Waals surface area (Å²) in [6.07, 6.45) is 0.556. The number of esters is 1. The molecule has 0 saturated heterocycles. The molecule has 2 aromatic rings. The normalized spacial score (nSPS) is 11.4. The van der Waals surface area contributed by atoms with Gasteiger partial charge >= 0.3 is 5.97 Å². The maximum absolute atomic E-state index is 12.3. The molecule has 2 rings (SSSR count). The van der Waals surface area contributed by atoms with E-state index < -0.39 is 18.0 Å². The molecule has 0 spiro atoms. The Balaban J connectivity index is 1.99. The Bertz CT molecular complexity index is 760. The number of anilines is 2. The molecule has 0 fully saturated rings. The minimum absolute atomic E-state index is 0.185. The molecule has 0 bridgehead atoms. The molecule has 138 valence electrons. The quantitative estimate of drug-likeness (QED) is 0.768. The summed E-state index contributed by atoms with van der Waals surface area (Å²) in [7, 11) is 3.87. The summed E-state index contributed by atoms with van der Waals surface area (Å²) >= 11 is 0. The maximum Gasteiger partial charge on any atom is 0.344 e. The van der Waals surface area contributed by atoms with Crippen LogP contribution in [0.3, 0.4) is 0 Å². The molecule has 1 N–H and O–H groups in total. The molecule has 1 atom stereocenters. The van der Waals surface area contributed by atoms with Gasteiger partial charge in [-0.3, -0.25) is 4.79 Å². The third-order valence-electron chi connectivity index (χ3n) is 3.58. The van der Waals surface area contributed by atoms with Crippen molar-refractivity contribution in [2.24, 2.45) is 0 Å². The van der Waals surface area contributed by atoms with E-state index in [-0.39, 0.29) is 11.4 Å². The Hall–Kier alpha value is -3.09. The molecular formula is C19H23N3O4. The second-order valence-electron chi connectivity index (χ2n) is 5.77. The number of nitrogens with one attached hydrogen (secondary N) is 1. The van der Waals surface area contributed by atoms with Crippen LogP contribution in [0.2, 0.25) is 0 Å². The number of carbonyl (C=O) groups excluding carboxylic acids is 2. The average Bonchev–Trinajstić information content (AvgIpc) is 2.62. The van der Waals surface area contributed by atoms with Gasteiger partial charge in [-0.1, -0.05) is 0 Å².